The molecule has 1 rings (SSSR count). The second kappa shape index (κ2) is 4.14. The number of nitriles is 1. The molecular weight excluding hydrogens is 241 g/mol. The summed E-state index contributed by atoms with van der Waals surface area (Å²) in [4.78, 5) is 0. The fourth-order valence-corrected chi connectivity index (χ4v) is 1.79. The van der Waals surface area contributed by atoms with Crippen molar-refractivity contribution in [1.29, 1.82) is 5.26 Å². The first kappa shape index (κ1) is 8.28. The largest absolute Gasteiger partial charge is 0.373 e. The predicted molar refractivity (Wildman–Crippen MR) is 47.0 cm³/mol. The van der Waals surface area contributed by atoms with E-state index >= 15 is 0 Å². The number of hydrogen-bond acceptors (Lipinski definition) is 2. The van der Waals surface area contributed by atoms with Crippen molar-refractivity contribution in [3.05, 3.63) is 0 Å². The van der Waals surface area contributed by atoms with E-state index in [1.807, 2.05) is 0 Å². The van der Waals surface area contributed by atoms with Crippen molar-refractivity contribution in [2.75, 3.05) is 4.43 Å². The fourth-order valence-electron chi connectivity index (χ4n) is 1.15. The molecule has 2 atom stereocenters. The zero-order valence-electron chi connectivity index (χ0n) is 5.72. The molecule has 0 aromatic rings. The SMILES string of the molecule is N#CC[C@@H]1CC[C@@H](CI)O1. The molecule has 1 aliphatic rings. The first-order chi connectivity index (χ1) is 4.86. The Morgan fingerprint density at radius 2 is 2.20 bits per heavy atom. The Hall–Kier alpha value is 0.180. The molecule has 1 aliphatic heterocycles. The van der Waals surface area contributed by atoms with Crippen LogP contribution in [0.15, 0.2) is 0 Å². The van der Waals surface area contributed by atoms with Gasteiger partial charge >= 0.3 is 0 Å². The zero-order valence-corrected chi connectivity index (χ0v) is 7.87. The summed E-state index contributed by atoms with van der Waals surface area (Å²) in [5, 5.41) is 8.35. The molecular formula is C7H10INO. The normalized spacial score (nSPS) is 32.0. The number of alkyl halides is 1. The third kappa shape index (κ3) is 2.10. The molecule has 0 bridgehead atoms. The Kier molecular flexibility index (Phi) is 3.43. The second-order valence-electron chi connectivity index (χ2n) is 2.47. The van der Waals surface area contributed by atoms with Gasteiger partial charge in [-0.1, -0.05) is 22.6 Å². The van der Waals surface area contributed by atoms with Crippen LogP contribution in [0.1, 0.15) is 19.3 Å². The van der Waals surface area contributed by atoms with E-state index in [-0.39, 0.29) is 6.10 Å². The van der Waals surface area contributed by atoms with Crippen LogP contribution in [0.25, 0.3) is 0 Å². The van der Waals surface area contributed by atoms with Gasteiger partial charge in [0.25, 0.3) is 0 Å². The average molecular weight is 251 g/mol. The summed E-state index contributed by atoms with van der Waals surface area (Å²) in [6.07, 6.45) is 3.41. The van der Waals surface area contributed by atoms with Crippen molar-refractivity contribution in [2.45, 2.75) is 31.5 Å². The highest BCUT2D eigenvalue weighted by molar-refractivity contribution is 14.1. The van der Waals surface area contributed by atoms with Gasteiger partial charge in [0.2, 0.25) is 0 Å². The van der Waals surface area contributed by atoms with Crippen molar-refractivity contribution in [3.8, 4) is 6.07 Å². The number of halogens is 1. The van der Waals surface area contributed by atoms with Crippen LogP contribution in [-0.2, 0) is 4.74 Å². The summed E-state index contributed by atoms with van der Waals surface area (Å²) < 4.78 is 6.58. The second-order valence-corrected chi connectivity index (χ2v) is 3.35. The fraction of sp³-hybridized carbons (Fsp3) is 0.857. The lowest BCUT2D eigenvalue weighted by Crippen LogP contribution is -2.10. The van der Waals surface area contributed by atoms with Crippen LogP contribution in [0.2, 0.25) is 0 Å². The third-order valence-corrected chi connectivity index (χ3v) is 2.67. The summed E-state index contributed by atoms with van der Waals surface area (Å²) >= 11 is 2.32. The molecule has 0 spiro atoms. The molecule has 2 nitrogen and oxygen atoms in total. The van der Waals surface area contributed by atoms with Crippen LogP contribution >= 0.6 is 22.6 Å². The minimum atomic E-state index is 0.227. The molecule has 0 amide bonds. The van der Waals surface area contributed by atoms with Crippen molar-refractivity contribution in [2.24, 2.45) is 0 Å². The minimum Gasteiger partial charge on any atom is -0.373 e. The van der Waals surface area contributed by atoms with Crippen molar-refractivity contribution < 1.29 is 4.74 Å². The molecule has 3 heteroatoms. The van der Waals surface area contributed by atoms with E-state index in [9.17, 15) is 0 Å². The van der Waals surface area contributed by atoms with E-state index in [0.29, 0.717) is 12.5 Å². The molecule has 56 valence electrons. The lowest BCUT2D eigenvalue weighted by Gasteiger charge is -2.06. The van der Waals surface area contributed by atoms with Crippen molar-refractivity contribution >= 4 is 22.6 Å². The highest BCUT2D eigenvalue weighted by Gasteiger charge is 2.23. The number of hydrogen-bond donors (Lipinski definition) is 0. The van der Waals surface area contributed by atoms with Crippen molar-refractivity contribution in [1.82, 2.24) is 0 Å². The van der Waals surface area contributed by atoms with Gasteiger partial charge in [-0.25, -0.2) is 0 Å². The van der Waals surface area contributed by atoms with Crippen LogP contribution in [0.3, 0.4) is 0 Å². The molecule has 0 aliphatic carbocycles. The quantitative estimate of drug-likeness (QED) is 0.554. The smallest absolute Gasteiger partial charge is 0.0710 e. The van der Waals surface area contributed by atoms with E-state index in [1.54, 1.807) is 0 Å². The van der Waals surface area contributed by atoms with Gasteiger partial charge in [0.1, 0.15) is 0 Å². The maximum Gasteiger partial charge on any atom is 0.0710 e. The monoisotopic (exact) mass is 251 g/mol. The Morgan fingerprint density at radius 1 is 1.50 bits per heavy atom. The van der Waals surface area contributed by atoms with E-state index < -0.39 is 0 Å². The molecule has 0 saturated carbocycles. The predicted octanol–water partition coefficient (Wildman–Crippen LogP) is 1.88. The van der Waals surface area contributed by atoms with Crippen LogP contribution in [-0.4, -0.2) is 16.6 Å². The average Bonchev–Trinajstić information content (AvgIpc) is 2.37. The highest BCUT2D eigenvalue weighted by atomic mass is 127. The number of nitrogens with zero attached hydrogens (tertiary/aromatic N) is 1. The molecule has 0 unspecified atom stereocenters. The summed E-state index contributed by atoms with van der Waals surface area (Å²) in [5.74, 6) is 0. The summed E-state index contributed by atoms with van der Waals surface area (Å²) in [7, 11) is 0. The van der Waals surface area contributed by atoms with Gasteiger partial charge in [-0.2, -0.15) is 5.26 Å². The van der Waals surface area contributed by atoms with E-state index in [0.717, 1.165) is 17.3 Å². The third-order valence-electron chi connectivity index (χ3n) is 1.69. The van der Waals surface area contributed by atoms with E-state index in [1.165, 1.54) is 0 Å². The van der Waals surface area contributed by atoms with Gasteiger partial charge in [0.15, 0.2) is 0 Å². The van der Waals surface area contributed by atoms with Crippen molar-refractivity contribution in [3.63, 3.8) is 0 Å². The van der Waals surface area contributed by atoms with Gasteiger partial charge in [-0.15, -0.1) is 0 Å². The number of ether oxygens (including phenoxy) is 1. The molecule has 0 aromatic carbocycles. The van der Waals surface area contributed by atoms with Crippen LogP contribution in [0.5, 0.6) is 0 Å². The zero-order chi connectivity index (χ0) is 7.40. The Morgan fingerprint density at radius 3 is 2.70 bits per heavy atom. The Balaban J connectivity index is 2.23. The van der Waals surface area contributed by atoms with Gasteiger partial charge in [0, 0.05) is 4.43 Å². The Labute approximate surface area is 74.7 Å². The summed E-state index contributed by atoms with van der Waals surface area (Å²) in [5.41, 5.74) is 0. The number of rotatable bonds is 2. The maximum atomic E-state index is 8.35. The lowest BCUT2D eigenvalue weighted by molar-refractivity contribution is 0.0631. The molecule has 1 heterocycles. The van der Waals surface area contributed by atoms with Gasteiger partial charge in [-0.05, 0) is 12.8 Å². The maximum absolute atomic E-state index is 8.35. The first-order valence-corrected chi connectivity index (χ1v) is 4.97. The van der Waals surface area contributed by atoms with E-state index in [2.05, 4.69) is 28.7 Å². The molecule has 0 aromatic heterocycles. The van der Waals surface area contributed by atoms with Gasteiger partial charge < -0.3 is 4.74 Å². The molecule has 1 saturated heterocycles. The van der Waals surface area contributed by atoms with Crippen LogP contribution in [0.4, 0.5) is 0 Å². The van der Waals surface area contributed by atoms with Crippen LogP contribution < -0.4 is 0 Å². The molecule has 0 radical (unpaired) electrons. The van der Waals surface area contributed by atoms with Gasteiger partial charge in [-0.3, -0.25) is 0 Å². The molecule has 0 N–H and O–H groups in total. The Bertz CT molecular complexity index is 143. The molecule has 10 heavy (non-hydrogen) atoms. The lowest BCUT2D eigenvalue weighted by atomic mass is 10.2. The first-order valence-electron chi connectivity index (χ1n) is 3.45. The standard InChI is InChI=1S/C7H10INO/c8-5-7-2-1-6(10-7)3-4-9/h6-7H,1-3,5H2/t6-,7-/m0/s1. The molecule has 1 fully saturated rings. The summed E-state index contributed by atoms with van der Waals surface area (Å²) in [6.45, 7) is 0. The topological polar surface area (TPSA) is 33.0 Å². The highest BCUT2D eigenvalue weighted by Crippen LogP contribution is 2.22. The van der Waals surface area contributed by atoms with E-state index in [4.69, 9.17) is 10.00 Å². The summed E-state index contributed by atoms with van der Waals surface area (Å²) in [6, 6.07) is 2.13. The minimum absolute atomic E-state index is 0.227. The van der Waals surface area contributed by atoms with Gasteiger partial charge in [0.05, 0.1) is 24.7 Å². The van der Waals surface area contributed by atoms with Crippen LogP contribution in [0, 0.1) is 11.3 Å².